The van der Waals surface area contributed by atoms with Gasteiger partial charge >= 0.3 is 160 Å². The summed E-state index contributed by atoms with van der Waals surface area (Å²) in [5.74, 6) is -1.37. The van der Waals surface area contributed by atoms with Gasteiger partial charge in [-0.05, 0) is 0 Å². The van der Waals surface area contributed by atoms with Crippen LogP contribution in [-0.2, 0) is 23.7 Å². The first-order valence-electron chi connectivity index (χ1n) is 8.86. The third kappa shape index (κ3) is 2.51. The van der Waals surface area contributed by atoms with Crippen LogP contribution in [0.2, 0.25) is 0 Å². The molecule has 2 saturated heterocycles. The number of fused-ring (bicyclic) bond motifs is 2. The number of ether oxygens (including phenoxy) is 4. The van der Waals surface area contributed by atoms with Crippen molar-refractivity contribution in [2.75, 3.05) is 0 Å². The standard InChI is InChI=1S/C20H24O5Se/c1-12(2)19-11-13(3)20(26-15-9-7-6-8-10-15)17(22-14(4)21)16(19)23-18(5,24-19)25-20/h6-10,13,16-17H,1,11H2,2-5H3/t13-,16-,17-,18?,19-,20+/m1/s1. The number of carbonyl (C=O) groups excluding carboxylic acids is 1. The first kappa shape index (κ1) is 18.2. The molecule has 0 amide bonds. The molecule has 140 valence electrons. The van der Waals surface area contributed by atoms with Crippen LogP contribution >= 0.6 is 0 Å². The Morgan fingerprint density at radius 3 is 2.58 bits per heavy atom. The van der Waals surface area contributed by atoms with Crippen molar-refractivity contribution in [3.05, 3.63) is 42.5 Å². The Kier molecular flexibility index (Phi) is 4.14. The van der Waals surface area contributed by atoms with E-state index in [1.807, 2.05) is 32.0 Å². The fourth-order valence-corrected chi connectivity index (χ4v) is 7.46. The summed E-state index contributed by atoms with van der Waals surface area (Å²) in [6, 6.07) is 10.2. The van der Waals surface area contributed by atoms with E-state index in [1.165, 1.54) is 11.4 Å². The van der Waals surface area contributed by atoms with Gasteiger partial charge in [0.2, 0.25) is 0 Å². The maximum absolute atomic E-state index is 11.9. The van der Waals surface area contributed by atoms with Crippen LogP contribution in [0.1, 0.15) is 34.1 Å². The molecule has 26 heavy (non-hydrogen) atoms. The van der Waals surface area contributed by atoms with Crippen molar-refractivity contribution in [2.24, 2.45) is 5.92 Å². The Bertz CT molecular complexity index is 752. The molecule has 3 bridgehead atoms. The molecule has 0 spiro atoms. The van der Waals surface area contributed by atoms with Crippen molar-refractivity contribution in [3.8, 4) is 0 Å². The predicted octanol–water partition coefficient (Wildman–Crippen LogP) is 2.12. The third-order valence-corrected chi connectivity index (χ3v) is 8.76. The van der Waals surface area contributed by atoms with Crippen LogP contribution in [0.4, 0.5) is 0 Å². The number of rotatable bonds is 4. The monoisotopic (exact) mass is 424 g/mol. The summed E-state index contributed by atoms with van der Waals surface area (Å²) in [4.78, 5) is 11.9. The van der Waals surface area contributed by atoms with Crippen molar-refractivity contribution < 1.29 is 23.7 Å². The third-order valence-electron chi connectivity index (χ3n) is 5.52. The van der Waals surface area contributed by atoms with E-state index >= 15 is 0 Å². The van der Waals surface area contributed by atoms with Gasteiger partial charge in [0.25, 0.3) is 0 Å². The summed E-state index contributed by atoms with van der Waals surface area (Å²) < 4.78 is 25.4. The van der Waals surface area contributed by atoms with Crippen LogP contribution in [0.5, 0.6) is 0 Å². The van der Waals surface area contributed by atoms with E-state index in [1.54, 1.807) is 0 Å². The molecule has 5 nitrogen and oxygen atoms in total. The molecule has 3 fully saturated rings. The van der Waals surface area contributed by atoms with E-state index in [0.717, 1.165) is 12.0 Å². The van der Waals surface area contributed by atoms with Crippen molar-refractivity contribution >= 4 is 25.4 Å². The van der Waals surface area contributed by atoms with Crippen LogP contribution in [-0.4, -0.2) is 49.2 Å². The molecule has 2 aliphatic heterocycles. The van der Waals surface area contributed by atoms with E-state index in [4.69, 9.17) is 18.9 Å². The van der Waals surface area contributed by atoms with Gasteiger partial charge in [0, 0.05) is 0 Å². The molecule has 4 rings (SSSR count). The molecule has 1 aromatic rings. The molecule has 3 aliphatic rings. The Morgan fingerprint density at radius 1 is 1.27 bits per heavy atom. The van der Waals surface area contributed by atoms with E-state index in [-0.39, 0.29) is 26.8 Å². The number of hydrogen-bond acceptors (Lipinski definition) is 5. The van der Waals surface area contributed by atoms with Crippen LogP contribution in [0, 0.1) is 5.92 Å². The first-order chi connectivity index (χ1) is 12.2. The van der Waals surface area contributed by atoms with Gasteiger partial charge in [-0.1, -0.05) is 0 Å². The van der Waals surface area contributed by atoms with Crippen molar-refractivity contribution in [1.82, 2.24) is 0 Å². The number of benzene rings is 1. The number of esters is 1. The van der Waals surface area contributed by atoms with E-state index in [2.05, 4.69) is 25.6 Å². The summed E-state index contributed by atoms with van der Waals surface area (Å²) in [5.41, 5.74) is 0.183. The van der Waals surface area contributed by atoms with Crippen molar-refractivity contribution in [3.63, 3.8) is 0 Å². The zero-order valence-electron chi connectivity index (χ0n) is 15.5. The number of carbonyl (C=O) groups is 1. The summed E-state index contributed by atoms with van der Waals surface area (Å²) >= 11 is -0.0913. The Labute approximate surface area is 160 Å². The fourth-order valence-electron chi connectivity index (χ4n) is 4.46. The Balaban J connectivity index is 1.83. The van der Waals surface area contributed by atoms with Crippen LogP contribution < -0.4 is 4.46 Å². The average molecular weight is 423 g/mol. The molecule has 0 aromatic heterocycles. The first-order valence-corrected chi connectivity index (χ1v) is 10.6. The van der Waals surface area contributed by atoms with Crippen molar-refractivity contribution in [2.45, 2.75) is 62.4 Å². The molecule has 2 heterocycles. The minimum atomic E-state index is -1.15. The molecule has 1 aliphatic carbocycles. The predicted molar refractivity (Wildman–Crippen MR) is 96.9 cm³/mol. The molecule has 6 atom stereocenters. The summed E-state index contributed by atoms with van der Waals surface area (Å²) in [6.45, 7) is 11.5. The second-order valence-electron chi connectivity index (χ2n) is 7.55. The fraction of sp³-hybridized carbons (Fsp3) is 0.550. The molecule has 1 saturated carbocycles. The molecule has 1 aromatic carbocycles. The SMILES string of the molecule is C=C(C)[C@]12C[C@@H](C)[C@@]3([Se]c4ccccc4)OC(C)(O[C@@H]1[C@H]3OC(C)=O)O2. The van der Waals surface area contributed by atoms with Gasteiger partial charge in [0.15, 0.2) is 0 Å². The van der Waals surface area contributed by atoms with E-state index < -0.39 is 28.3 Å². The van der Waals surface area contributed by atoms with Gasteiger partial charge < -0.3 is 0 Å². The maximum atomic E-state index is 11.9. The van der Waals surface area contributed by atoms with E-state index in [0.29, 0.717) is 0 Å². The zero-order chi connectivity index (χ0) is 18.7. The Morgan fingerprint density at radius 2 is 1.96 bits per heavy atom. The van der Waals surface area contributed by atoms with Crippen LogP contribution in [0.25, 0.3) is 0 Å². The molecule has 1 unspecified atom stereocenters. The summed E-state index contributed by atoms with van der Waals surface area (Å²) in [5, 5.41) is 0. The second kappa shape index (κ2) is 5.91. The van der Waals surface area contributed by atoms with Gasteiger partial charge in [-0.15, -0.1) is 0 Å². The Hall–Kier alpha value is -1.17. The summed E-state index contributed by atoms with van der Waals surface area (Å²) in [7, 11) is 0. The second-order valence-corrected chi connectivity index (χ2v) is 10.3. The normalized spacial score (nSPS) is 43.3. The molecule has 0 radical (unpaired) electrons. The number of hydrogen-bond donors (Lipinski definition) is 0. The zero-order valence-corrected chi connectivity index (χ0v) is 17.2. The summed E-state index contributed by atoms with van der Waals surface area (Å²) in [6.07, 6.45) is -0.213. The average Bonchev–Trinajstić information content (AvgIpc) is 2.76. The van der Waals surface area contributed by atoms with Crippen molar-refractivity contribution in [1.29, 1.82) is 0 Å². The quantitative estimate of drug-likeness (QED) is 0.422. The molecular weight excluding hydrogens is 399 g/mol. The van der Waals surface area contributed by atoms with Gasteiger partial charge in [0.1, 0.15) is 0 Å². The minimum absolute atomic E-state index is 0.0913. The van der Waals surface area contributed by atoms with Gasteiger partial charge in [-0.25, -0.2) is 0 Å². The van der Waals surface area contributed by atoms with Crippen LogP contribution in [0.3, 0.4) is 0 Å². The van der Waals surface area contributed by atoms with E-state index in [9.17, 15) is 4.79 Å². The van der Waals surface area contributed by atoms with Gasteiger partial charge in [-0.3, -0.25) is 0 Å². The van der Waals surface area contributed by atoms with Crippen LogP contribution in [0.15, 0.2) is 42.5 Å². The van der Waals surface area contributed by atoms with Gasteiger partial charge in [0.05, 0.1) is 0 Å². The molecule has 6 heteroatoms. The topological polar surface area (TPSA) is 54.0 Å². The molecule has 0 N–H and O–H groups in total. The molecular formula is C20H24O5Se. The van der Waals surface area contributed by atoms with Gasteiger partial charge in [-0.2, -0.15) is 0 Å².